The monoisotopic (exact) mass is 999 g/mol. The Balaban J connectivity index is 1.23. The van der Waals surface area contributed by atoms with E-state index >= 15 is 19.2 Å². The van der Waals surface area contributed by atoms with Gasteiger partial charge in [-0.15, -0.1) is 0 Å². The summed E-state index contributed by atoms with van der Waals surface area (Å²) >= 11 is 0. The zero-order valence-corrected chi connectivity index (χ0v) is 41.7. The van der Waals surface area contributed by atoms with E-state index in [9.17, 15) is 15.0 Å². The predicted molar refractivity (Wildman–Crippen MR) is 277 cm³/mol. The number of phenolic OH excluding ortho intramolecular Hbond substituents is 1. The second kappa shape index (κ2) is 20.8. The van der Waals surface area contributed by atoms with Gasteiger partial charge in [-0.3, -0.25) is 19.3 Å². The van der Waals surface area contributed by atoms with Gasteiger partial charge in [-0.25, -0.2) is 14.5 Å². The van der Waals surface area contributed by atoms with E-state index < -0.39 is 82.9 Å². The van der Waals surface area contributed by atoms with Gasteiger partial charge in [0.05, 0.1) is 44.0 Å². The van der Waals surface area contributed by atoms with Gasteiger partial charge in [-0.1, -0.05) is 111 Å². The summed E-state index contributed by atoms with van der Waals surface area (Å²) in [7, 11) is 1.21. The number of urea groups is 1. The molecule has 382 valence electrons. The summed E-state index contributed by atoms with van der Waals surface area (Å²) in [6.07, 6.45) is 3.58. The Morgan fingerprint density at radius 3 is 2.07 bits per heavy atom. The summed E-state index contributed by atoms with van der Waals surface area (Å²) in [5, 5.41) is 28.5. The minimum absolute atomic E-state index is 0.0670. The molecule has 1 saturated carbocycles. The first-order chi connectivity index (χ1) is 35.8. The van der Waals surface area contributed by atoms with Crippen LogP contribution in [0.3, 0.4) is 0 Å². The first-order valence-electron chi connectivity index (χ1n) is 25.6. The topological polar surface area (TPSA) is 187 Å². The van der Waals surface area contributed by atoms with Crippen LogP contribution in [0.5, 0.6) is 5.75 Å². The van der Waals surface area contributed by atoms with Crippen LogP contribution in [-0.4, -0.2) is 96.0 Å². The number of aliphatic hydroxyl groups is 1. The fourth-order valence-corrected chi connectivity index (χ4v) is 11.9. The normalized spacial score (nSPS) is 24.7. The molecule has 4 N–H and O–H groups in total. The number of hydrogen-bond donors (Lipinski definition) is 4. The number of carbonyl (C=O) groups is 5. The third-order valence-corrected chi connectivity index (χ3v) is 15.4. The number of morpholine rings is 2. The summed E-state index contributed by atoms with van der Waals surface area (Å²) in [4.78, 5) is 81.9. The molecule has 0 aromatic heterocycles. The van der Waals surface area contributed by atoms with E-state index in [4.69, 9.17) is 14.2 Å². The number of cyclic esters (lactones) is 1. The smallest absolute Gasteiger partial charge is 0.329 e. The van der Waals surface area contributed by atoms with Crippen molar-refractivity contribution in [1.29, 1.82) is 0 Å². The molecule has 0 bridgehead atoms. The molecular weight excluding hydrogens is 939 g/mol. The molecule has 74 heavy (non-hydrogen) atoms. The lowest BCUT2D eigenvalue weighted by Crippen LogP contribution is -2.57. The van der Waals surface area contributed by atoms with Crippen molar-refractivity contribution < 1.29 is 48.4 Å². The number of phenols is 1. The van der Waals surface area contributed by atoms with Gasteiger partial charge in [-0.05, 0) is 108 Å². The Morgan fingerprint density at radius 2 is 1.43 bits per heavy atom. The van der Waals surface area contributed by atoms with Gasteiger partial charge in [0.2, 0.25) is 11.8 Å². The number of nitrogens with one attached hydrogen (secondary N) is 2. The van der Waals surface area contributed by atoms with Gasteiger partial charge in [0.15, 0.2) is 0 Å². The Labute approximate surface area is 430 Å². The second-order valence-electron chi connectivity index (χ2n) is 20.3. The molecule has 7 atom stereocenters. The van der Waals surface area contributed by atoms with E-state index in [1.165, 1.54) is 19.2 Å². The number of methoxy groups -OCH3 is 1. The molecule has 1 aliphatic carbocycles. The van der Waals surface area contributed by atoms with Gasteiger partial charge in [0.1, 0.15) is 35.0 Å². The van der Waals surface area contributed by atoms with Gasteiger partial charge in [0, 0.05) is 30.0 Å². The quantitative estimate of drug-likeness (QED) is 0.0637. The lowest BCUT2D eigenvalue weighted by Gasteiger charge is -2.46. The van der Waals surface area contributed by atoms with Crippen molar-refractivity contribution in [3.63, 3.8) is 0 Å². The molecule has 5 aromatic rings. The Bertz CT molecular complexity index is 2960. The number of benzene rings is 5. The highest BCUT2D eigenvalue weighted by molar-refractivity contribution is 6.25. The van der Waals surface area contributed by atoms with Crippen molar-refractivity contribution in [2.24, 2.45) is 11.8 Å². The highest BCUT2D eigenvalue weighted by Crippen LogP contribution is 2.66. The van der Waals surface area contributed by atoms with E-state index in [2.05, 4.69) is 27.4 Å². The van der Waals surface area contributed by atoms with Crippen molar-refractivity contribution >= 4 is 46.8 Å². The molecule has 5 aromatic carbocycles. The van der Waals surface area contributed by atoms with E-state index in [-0.39, 0.29) is 17.0 Å². The average Bonchev–Trinajstić information content (AvgIpc) is 3.79. The minimum Gasteiger partial charge on any atom is -0.508 e. The summed E-state index contributed by atoms with van der Waals surface area (Å²) in [5.74, 6) is 1.15. The maximum atomic E-state index is 16.8. The van der Waals surface area contributed by atoms with Crippen LogP contribution in [0.25, 0.3) is 0 Å². The zero-order chi connectivity index (χ0) is 51.7. The minimum atomic E-state index is -2.15. The van der Waals surface area contributed by atoms with Crippen LogP contribution in [0.4, 0.5) is 21.9 Å². The highest BCUT2D eigenvalue weighted by atomic mass is 16.6. The van der Waals surface area contributed by atoms with Gasteiger partial charge < -0.3 is 40.0 Å². The molecular formula is C59H61N5O10. The van der Waals surface area contributed by atoms with Crippen molar-refractivity contribution in [2.75, 3.05) is 48.5 Å². The van der Waals surface area contributed by atoms with Crippen molar-refractivity contribution in [3.8, 4) is 17.6 Å². The van der Waals surface area contributed by atoms with Crippen molar-refractivity contribution in [3.05, 3.63) is 155 Å². The lowest BCUT2D eigenvalue weighted by molar-refractivity contribution is -0.177. The molecule has 4 aliphatic heterocycles. The fraction of sp³-hybridized carbons (Fsp3) is 0.373. The van der Waals surface area contributed by atoms with E-state index in [0.717, 1.165) is 36.3 Å². The van der Waals surface area contributed by atoms with Crippen LogP contribution in [0, 0.1) is 23.7 Å². The van der Waals surface area contributed by atoms with Crippen LogP contribution < -0.4 is 20.4 Å². The maximum Gasteiger partial charge on any atom is 0.329 e. The molecule has 0 radical (unpaired) electrons. The molecule has 15 heteroatoms. The third-order valence-electron chi connectivity index (χ3n) is 15.4. The summed E-state index contributed by atoms with van der Waals surface area (Å²) in [6.45, 7) is 6.00. The third kappa shape index (κ3) is 9.16. The number of hydrogen-bond acceptors (Lipinski definition) is 12. The lowest BCUT2D eigenvalue weighted by atomic mass is 9.65. The number of esters is 2. The van der Waals surface area contributed by atoms with E-state index in [0.29, 0.717) is 67.1 Å². The number of carbonyl (C=O) groups excluding carboxylic acids is 5. The van der Waals surface area contributed by atoms with Crippen LogP contribution >= 0.6 is 0 Å². The van der Waals surface area contributed by atoms with Crippen molar-refractivity contribution in [1.82, 2.24) is 10.2 Å². The predicted octanol–water partition coefficient (Wildman–Crippen LogP) is 7.88. The van der Waals surface area contributed by atoms with Crippen LogP contribution in [0.2, 0.25) is 0 Å². The molecule has 15 nitrogen and oxygen atoms in total. The number of amides is 4. The van der Waals surface area contributed by atoms with E-state index in [1.54, 1.807) is 56.3 Å². The van der Waals surface area contributed by atoms with Gasteiger partial charge in [0.25, 0.3) is 0 Å². The molecule has 4 heterocycles. The molecule has 0 unspecified atom stereocenters. The summed E-state index contributed by atoms with van der Waals surface area (Å²) < 4.78 is 17.3. The first kappa shape index (κ1) is 50.0. The molecule has 5 aliphatic rings. The van der Waals surface area contributed by atoms with Gasteiger partial charge in [-0.2, -0.15) is 0 Å². The number of rotatable bonds is 9. The molecule has 3 saturated heterocycles. The largest absolute Gasteiger partial charge is 0.508 e. The SMILES string of the molecule is COC(=O)[C@@H](NC(=O)N1C(=O)[C@@]2(c3cc(C#CC4(O)CCCCCC4)ccc31)[C@H](C(=O)Nc1ccc(N3CCOCC3)cc1)[C@H]1C(=O)O[C@H](c3ccccc3)[C@H](c3ccccc3)N1[C@@H]2c1ccc(O)cc1)C(C)C. The Morgan fingerprint density at radius 1 is 0.784 bits per heavy atom. The number of fused-ring (bicyclic) bond motifs is 3. The molecule has 10 rings (SSSR count). The number of nitrogens with zero attached hydrogens (tertiary/aromatic N) is 3. The molecule has 4 amide bonds. The van der Waals surface area contributed by atoms with Crippen LogP contribution in [-0.2, 0) is 38.8 Å². The Kier molecular flexibility index (Phi) is 14.1. The van der Waals surface area contributed by atoms with E-state index in [1.807, 2.05) is 77.7 Å². The average molecular weight is 1000 g/mol. The second-order valence-corrected chi connectivity index (χ2v) is 20.3. The zero-order valence-electron chi connectivity index (χ0n) is 41.7. The number of ether oxygens (including phenoxy) is 3. The van der Waals surface area contributed by atoms with Gasteiger partial charge >= 0.3 is 18.0 Å². The summed E-state index contributed by atoms with van der Waals surface area (Å²) in [6, 6.07) is 31.6. The van der Waals surface area contributed by atoms with Crippen LogP contribution in [0.1, 0.15) is 98.4 Å². The van der Waals surface area contributed by atoms with Crippen molar-refractivity contribution in [2.45, 2.75) is 93.7 Å². The number of imide groups is 1. The first-order valence-corrected chi connectivity index (χ1v) is 25.6. The standard InChI is InChI=1S/C59H61N5O10/c1-37(2)48(54(67)72-3)61-57(70)63-46-27-18-38(28-31-58(71)29-12-4-5-13-30-58)36-45(46)59(56(63)69)47(53(66)60-42-21-23-43(24-22-42)62-32-34-73-35-33-62)50-55(68)74-51(40-16-10-7-11-17-40)49(39-14-8-6-9-15-39)64(50)52(59)41-19-25-44(65)26-20-41/h6-11,14-27,36-37,47-52,65,71H,4-5,12-13,29-30,32-35H2,1-3H3,(H,60,66)(H,61,70)/t47-,48-,49-,50-,51+,52+,59-/m0/s1. The number of anilines is 3. The number of aromatic hydroxyl groups is 1. The maximum absolute atomic E-state index is 16.8. The summed E-state index contributed by atoms with van der Waals surface area (Å²) in [5.41, 5.74) is 0.412. The Hall–Kier alpha value is -7.51. The highest BCUT2D eigenvalue weighted by Gasteiger charge is 2.75. The molecule has 4 fully saturated rings. The van der Waals surface area contributed by atoms with Crippen LogP contribution in [0.15, 0.2) is 127 Å². The fourth-order valence-electron chi connectivity index (χ4n) is 11.9. The molecule has 1 spiro atoms.